The molecule has 1 aromatic carbocycles. The molecule has 0 aliphatic rings. The molecule has 0 aliphatic heterocycles. The van der Waals surface area contributed by atoms with Crippen LogP contribution in [0.3, 0.4) is 0 Å². The first-order chi connectivity index (χ1) is 7.75. The second-order valence-corrected chi connectivity index (χ2v) is 4.30. The van der Waals surface area contributed by atoms with Crippen LogP contribution in [-0.4, -0.2) is 23.7 Å². The fraction of sp³-hybridized carbons (Fsp3) is 0.273. The lowest BCUT2D eigenvalue weighted by Crippen LogP contribution is -2.09. The molecular weight excluding hydrogens is 220 g/mol. The van der Waals surface area contributed by atoms with Crippen LogP contribution in [0.25, 0.3) is 0 Å². The SMILES string of the molecule is CN(C)c1cccc(NCc2csnn2)c1. The molecule has 2 rings (SSSR count). The summed E-state index contributed by atoms with van der Waals surface area (Å²) in [5.74, 6) is 0. The Morgan fingerprint density at radius 3 is 2.94 bits per heavy atom. The fourth-order valence-corrected chi connectivity index (χ4v) is 1.80. The van der Waals surface area contributed by atoms with Crippen LogP contribution in [0, 0.1) is 0 Å². The average molecular weight is 234 g/mol. The number of rotatable bonds is 4. The Kier molecular flexibility index (Phi) is 3.36. The quantitative estimate of drug-likeness (QED) is 0.880. The van der Waals surface area contributed by atoms with Crippen molar-refractivity contribution in [2.45, 2.75) is 6.54 Å². The zero-order valence-electron chi connectivity index (χ0n) is 9.34. The molecule has 1 heterocycles. The van der Waals surface area contributed by atoms with E-state index in [1.165, 1.54) is 17.2 Å². The summed E-state index contributed by atoms with van der Waals surface area (Å²) in [5, 5.41) is 9.25. The van der Waals surface area contributed by atoms with Crippen LogP contribution < -0.4 is 10.2 Å². The van der Waals surface area contributed by atoms with Crippen molar-refractivity contribution < 1.29 is 0 Å². The fourth-order valence-electron chi connectivity index (χ4n) is 1.35. The molecule has 0 aliphatic carbocycles. The van der Waals surface area contributed by atoms with Crippen LogP contribution in [0.5, 0.6) is 0 Å². The summed E-state index contributed by atoms with van der Waals surface area (Å²) in [7, 11) is 4.06. The van der Waals surface area contributed by atoms with Crippen LogP contribution in [0.2, 0.25) is 0 Å². The van der Waals surface area contributed by atoms with Gasteiger partial charge in [-0.05, 0) is 29.7 Å². The van der Waals surface area contributed by atoms with Crippen molar-refractivity contribution in [2.24, 2.45) is 0 Å². The molecule has 0 fully saturated rings. The number of hydrogen-bond acceptors (Lipinski definition) is 5. The number of benzene rings is 1. The summed E-state index contributed by atoms with van der Waals surface area (Å²) in [6.45, 7) is 0.716. The number of aromatic nitrogens is 2. The standard InChI is InChI=1S/C11H14N4S/c1-15(2)11-5-3-4-9(6-11)12-7-10-8-16-14-13-10/h3-6,8,12H,7H2,1-2H3. The molecule has 0 bridgehead atoms. The second-order valence-electron chi connectivity index (χ2n) is 3.69. The molecule has 0 unspecified atom stereocenters. The summed E-state index contributed by atoms with van der Waals surface area (Å²) in [6, 6.07) is 8.28. The molecule has 0 radical (unpaired) electrons. The third-order valence-corrected chi connectivity index (χ3v) is 2.79. The lowest BCUT2D eigenvalue weighted by molar-refractivity contribution is 0.998. The van der Waals surface area contributed by atoms with Gasteiger partial charge < -0.3 is 10.2 Å². The highest BCUT2D eigenvalue weighted by Crippen LogP contribution is 2.17. The smallest absolute Gasteiger partial charge is 0.0946 e. The number of hydrogen-bond donors (Lipinski definition) is 1. The van der Waals surface area contributed by atoms with Crippen LogP contribution in [0.1, 0.15) is 5.69 Å². The first-order valence-electron chi connectivity index (χ1n) is 5.03. The Balaban J connectivity index is 2.01. The summed E-state index contributed by atoms with van der Waals surface area (Å²) in [4.78, 5) is 2.08. The van der Waals surface area contributed by atoms with E-state index in [4.69, 9.17) is 0 Å². The van der Waals surface area contributed by atoms with Gasteiger partial charge in [0.25, 0.3) is 0 Å². The largest absolute Gasteiger partial charge is 0.379 e. The van der Waals surface area contributed by atoms with E-state index in [2.05, 4.69) is 31.9 Å². The summed E-state index contributed by atoms with van der Waals surface area (Å²) in [6.07, 6.45) is 0. The maximum atomic E-state index is 3.98. The zero-order valence-corrected chi connectivity index (χ0v) is 10.2. The van der Waals surface area contributed by atoms with Gasteiger partial charge in [-0.25, -0.2) is 0 Å². The molecule has 0 saturated carbocycles. The van der Waals surface area contributed by atoms with Crippen molar-refractivity contribution in [3.63, 3.8) is 0 Å². The van der Waals surface area contributed by atoms with E-state index in [1.54, 1.807) is 0 Å². The highest BCUT2D eigenvalue weighted by Gasteiger charge is 1.99. The van der Waals surface area contributed by atoms with Gasteiger partial charge >= 0.3 is 0 Å². The minimum absolute atomic E-state index is 0.716. The van der Waals surface area contributed by atoms with Crippen molar-refractivity contribution >= 4 is 22.9 Å². The summed E-state index contributed by atoms with van der Waals surface area (Å²) >= 11 is 1.37. The molecule has 0 saturated heterocycles. The van der Waals surface area contributed by atoms with Crippen LogP contribution in [0.15, 0.2) is 29.6 Å². The zero-order chi connectivity index (χ0) is 11.4. The number of anilines is 2. The van der Waals surface area contributed by atoms with E-state index in [0.29, 0.717) is 6.54 Å². The van der Waals surface area contributed by atoms with Crippen molar-refractivity contribution in [1.29, 1.82) is 0 Å². The topological polar surface area (TPSA) is 41.0 Å². The molecular formula is C11H14N4S. The molecule has 16 heavy (non-hydrogen) atoms. The van der Waals surface area contributed by atoms with E-state index >= 15 is 0 Å². The molecule has 5 heteroatoms. The van der Waals surface area contributed by atoms with Gasteiger partial charge in [0.05, 0.1) is 12.2 Å². The normalized spacial score (nSPS) is 10.1. The lowest BCUT2D eigenvalue weighted by atomic mass is 10.2. The Labute approximate surface area is 99.1 Å². The molecule has 1 aromatic heterocycles. The number of nitrogens with one attached hydrogen (secondary N) is 1. The van der Waals surface area contributed by atoms with E-state index < -0.39 is 0 Å². The van der Waals surface area contributed by atoms with Gasteiger partial charge in [0, 0.05) is 30.9 Å². The Morgan fingerprint density at radius 1 is 1.38 bits per heavy atom. The molecule has 0 atom stereocenters. The average Bonchev–Trinajstić information content (AvgIpc) is 2.79. The summed E-state index contributed by atoms with van der Waals surface area (Å²) < 4.78 is 3.82. The highest BCUT2D eigenvalue weighted by molar-refractivity contribution is 7.03. The van der Waals surface area contributed by atoms with Gasteiger partial charge in [0.1, 0.15) is 0 Å². The van der Waals surface area contributed by atoms with Gasteiger partial charge in [0.2, 0.25) is 0 Å². The first-order valence-corrected chi connectivity index (χ1v) is 5.86. The van der Waals surface area contributed by atoms with Gasteiger partial charge in [-0.2, -0.15) is 0 Å². The number of nitrogens with zero attached hydrogens (tertiary/aromatic N) is 3. The van der Waals surface area contributed by atoms with E-state index in [1.807, 2.05) is 31.6 Å². The van der Waals surface area contributed by atoms with Crippen LogP contribution in [0.4, 0.5) is 11.4 Å². The minimum Gasteiger partial charge on any atom is -0.379 e. The second kappa shape index (κ2) is 4.94. The molecule has 0 amide bonds. The Morgan fingerprint density at radius 2 is 2.25 bits per heavy atom. The highest BCUT2D eigenvalue weighted by atomic mass is 32.1. The maximum Gasteiger partial charge on any atom is 0.0946 e. The molecule has 84 valence electrons. The lowest BCUT2D eigenvalue weighted by Gasteiger charge is -2.14. The molecule has 0 spiro atoms. The van der Waals surface area contributed by atoms with E-state index in [-0.39, 0.29) is 0 Å². The maximum absolute atomic E-state index is 3.98. The minimum atomic E-state index is 0.716. The van der Waals surface area contributed by atoms with Crippen LogP contribution in [-0.2, 0) is 6.54 Å². The van der Waals surface area contributed by atoms with Crippen LogP contribution >= 0.6 is 11.5 Å². The van der Waals surface area contributed by atoms with Gasteiger partial charge in [-0.15, -0.1) is 5.10 Å². The van der Waals surface area contributed by atoms with Crippen molar-refractivity contribution in [1.82, 2.24) is 9.59 Å². The van der Waals surface area contributed by atoms with Crippen molar-refractivity contribution in [3.8, 4) is 0 Å². The molecule has 2 aromatic rings. The van der Waals surface area contributed by atoms with Crippen molar-refractivity contribution in [3.05, 3.63) is 35.3 Å². The molecule has 1 N–H and O–H groups in total. The van der Waals surface area contributed by atoms with Gasteiger partial charge in [0.15, 0.2) is 0 Å². The predicted octanol–water partition coefficient (Wildman–Crippen LogP) is 2.22. The van der Waals surface area contributed by atoms with Gasteiger partial charge in [-0.3, -0.25) is 0 Å². The Bertz CT molecular complexity index is 439. The first kappa shape index (κ1) is 10.9. The van der Waals surface area contributed by atoms with Crippen molar-refractivity contribution in [2.75, 3.05) is 24.3 Å². The predicted molar refractivity (Wildman–Crippen MR) is 68.0 cm³/mol. The monoisotopic (exact) mass is 234 g/mol. The third-order valence-electron chi connectivity index (χ3n) is 2.24. The summed E-state index contributed by atoms with van der Waals surface area (Å²) in [5.41, 5.74) is 3.25. The Hall–Kier alpha value is -1.62. The van der Waals surface area contributed by atoms with E-state index in [0.717, 1.165) is 11.4 Å². The third kappa shape index (κ3) is 2.70. The molecule has 4 nitrogen and oxygen atoms in total. The van der Waals surface area contributed by atoms with Gasteiger partial charge in [-0.1, -0.05) is 10.6 Å². The van der Waals surface area contributed by atoms with E-state index in [9.17, 15) is 0 Å².